The van der Waals surface area contributed by atoms with Crippen molar-refractivity contribution >= 4 is 6.09 Å². The molecular weight excluding hydrogens is 319 g/mol. The minimum Gasteiger partial charge on any atom is -0.444 e. The van der Waals surface area contributed by atoms with E-state index in [9.17, 15) is 18.0 Å². The van der Waals surface area contributed by atoms with Crippen LogP contribution in [0.1, 0.15) is 63.3 Å². The molecule has 0 radical (unpaired) electrons. The standard InChI is InChI=1S/C16H20F3NO2.C2H6/c1-9-7-11(14(18)19)13(17)10-5-6-20(8-12(9)10)15(21)22-16(2,3)4;1-2/h7,14H,5-6,8H2,1-4H3;1-2H3. The van der Waals surface area contributed by atoms with Crippen molar-refractivity contribution in [3.8, 4) is 0 Å². The lowest BCUT2D eigenvalue weighted by atomic mass is 9.92. The number of benzene rings is 1. The molecule has 3 nitrogen and oxygen atoms in total. The number of hydrogen-bond acceptors (Lipinski definition) is 2. The van der Waals surface area contributed by atoms with E-state index in [2.05, 4.69) is 0 Å². The number of aryl methyl sites for hydroxylation is 1. The van der Waals surface area contributed by atoms with E-state index in [1.165, 1.54) is 4.90 Å². The maximum atomic E-state index is 14.2. The summed E-state index contributed by atoms with van der Waals surface area (Å²) in [5, 5.41) is 0. The molecule has 1 aromatic carbocycles. The van der Waals surface area contributed by atoms with Crippen molar-refractivity contribution in [1.29, 1.82) is 0 Å². The third-order valence-corrected chi connectivity index (χ3v) is 3.60. The fraction of sp³-hybridized carbons (Fsp3) is 0.611. The van der Waals surface area contributed by atoms with Gasteiger partial charge in [-0.2, -0.15) is 0 Å². The second-order valence-electron chi connectivity index (χ2n) is 6.51. The molecule has 24 heavy (non-hydrogen) atoms. The Bertz CT molecular complexity index is 595. The van der Waals surface area contributed by atoms with Crippen LogP contribution < -0.4 is 0 Å². The molecule has 1 amide bonds. The monoisotopic (exact) mass is 345 g/mol. The van der Waals surface area contributed by atoms with Gasteiger partial charge in [-0.3, -0.25) is 0 Å². The molecule has 6 heteroatoms. The van der Waals surface area contributed by atoms with Crippen LogP contribution in [0.15, 0.2) is 6.07 Å². The molecule has 1 aliphatic rings. The smallest absolute Gasteiger partial charge is 0.410 e. The van der Waals surface area contributed by atoms with Gasteiger partial charge in [0.15, 0.2) is 0 Å². The van der Waals surface area contributed by atoms with Gasteiger partial charge in [0.05, 0.1) is 5.56 Å². The first-order valence-electron chi connectivity index (χ1n) is 8.17. The summed E-state index contributed by atoms with van der Waals surface area (Å²) in [7, 11) is 0. The number of carbonyl (C=O) groups is 1. The van der Waals surface area contributed by atoms with Crippen LogP contribution in [0.2, 0.25) is 0 Å². The molecule has 0 fully saturated rings. The third kappa shape index (κ3) is 4.65. The molecule has 1 heterocycles. The van der Waals surface area contributed by atoms with E-state index in [1.807, 2.05) is 13.8 Å². The van der Waals surface area contributed by atoms with Crippen LogP contribution in [0.25, 0.3) is 0 Å². The van der Waals surface area contributed by atoms with E-state index in [4.69, 9.17) is 4.74 Å². The van der Waals surface area contributed by atoms with Crippen molar-refractivity contribution in [2.75, 3.05) is 6.54 Å². The molecular formula is C18H26F3NO2. The van der Waals surface area contributed by atoms with E-state index >= 15 is 0 Å². The lowest BCUT2D eigenvalue weighted by molar-refractivity contribution is 0.0221. The maximum Gasteiger partial charge on any atom is 0.410 e. The molecule has 1 aliphatic heterocycles. The van der Waals surface area contributed by atoms with Crippen LogP contribution in [-0.2, 0) is 17.7 Å². The van der Waals surface area contributed by atoms with E-state index in [1.54, 1.807) is 27.7 Å². The number of alkyl halides is 2. The predicted molar refractivity (Wildman–Crippen MR) is 87.8 cm³/mol. The molecule has 0 aliphatic carbocycles. The van der Waals surface area contributed by atoms with Gasteiger partial charge in [0, 0.05) is 13.1 Å². The average Bonchev–Trinajstić information content (AvgIpc) is 2.50. The predicted octanol–water partition coefficient (Wildman–Crippen LogP) is 5.39. The van der Waals surface area contributed by atoms with Crippen LogP contribution in [0.5, 0.6) is 0 Å². The quantitative estimate of drug-likeness (QED) is 0.683. The van der Waals surface area contributed by atoms with Gasteiger partial charge in [-0.25, -0.2) is 18.0 Å². The minimum atomic E-state index is -2.84. The Morgan fingerprint density at radius 2 is 1.83 bits per heavy atom. The van der Waals surface area contributed by atoms with E-state index in [-0.39, 0.29) is 25.1 Å². The molecule has 0 bridgehead atoms. The second kappa shape index (κ2) is 7.90. The number of rotatable bonds is 1. The van der Waals surface area contributed by atoms with Crippen molar-refractivity contribution in [3.05, 3.63) is 34.1 Å². The Morgan fingerprint density at radius 3 is 2.33 bits per heavy atom. The van der Waals surface area contributed by atoms with Crippen molar-refractivity contribution in [3.63, 3.8) is 0 Å². The Labute approximate surface area is 141 Å². The molecule has 2 rings (SSSR count). The van der Waals surface area contributed by atoms with E-state index in [0.29, 0.717) is 11.1 Å². The second-order valence-corrected chi connectivity index (χ2v) is 6.51. The zero-order valence-electron chi connectivity index (χ0n) is 15.2. The molecule has 0 N–H and O–H groups in total. The Hall–Kier alpha value is -1.72. The Morgan fingerprint density at radius 1 is 1.25 bits per heavy atom. The number of hydrogen-bond donors (Lipinski definition) is 0. The molecule has 0 spiro atoms. The molecule has 0 atom stereocenters. The highest BCUT2D eigenvalue weighted by molar-refractivity contribution is 5.69. The van der Waals surface area contributed by atoms with Gasteiger partial charge in [0.1, 0.15) is 11.4 Å². The van der Waals surface area contributed by atoms with Crippen molar-refractivity contribution in [2.24, 2.45) is 0 Å². The van der Waals surface area contributed by atoms with Gasteiger partial charge in [-0.15, -0.1) is 0 Å². The minimum absolute atomic E-state index is 0.177. The summed E-state index contributed by atoms with van der Waals surface area (Å²) in [6, 6.07) is 1.16. The largest absolute Gasteiger partial charge is 0.444 e. The topological polar surface area (TPSA) is 29.5 Å². The van der Waals surface area contributed by atoms with Gasteiger partial charge in [0.2, 0.25) is 0 Å². The van der Waals surface area contributed by atoms with Crippen molar-refractivity contribution in [1.82, 2.24) is 4.90 Å². The highest BCUT2D eigenvalue weighted by Crippen LogP contribution is 2.32. The summed E-state index contributed by atoms with van der Waals surface area (Å²) < 4.78 is 45.2. The van der Waals surface area contributed by atoms with Gasteiger partial charge in [-0.05, 0) is 56.9 Å². The zero-order chi connectivity index (χ0) is 18.7. The van der Waals surface area contributed by atoms with E-state index in [0.717, 1.165) is 6.07 Å². The number of halogens is 3. The summed E-state index contributed by atoms with van der Waals surface area (Å²) >= 11 is 0. The maximum absolute atomic E-state index is 14.2. The molecule has 0 aromatic heterocycles. The lowest BCUT2D eigenvalue weighted by Crippen LogP contribution is -2.40. The number of nitrogens with zero attached hydrogens (tertiary/aromatic N) is 1. The van der Waals surface area contributed by atoms with Gasteiger partial charge in [-0.1, -0.05) is 13.8 Å². The first kappa shape index (κ1) is 20.3. The highest BCUT2D eigenvalue weighted by atomic mass is 19.3. The van der Waals surface area contributed by atoms with Crippen molar-refractivity contribution < 1.29 is 22.7 Å². The van der Waals surface area contributed by atoms with Crippen LogP contribution >= 0.6 is 0 Å². The van der Waals surface area contributed by atoms with Crippen LogP contribution in [0.3, 0.4) is 0 Å². The summed E-state index contributed by atoms with van der Waals surface area (Å²) in [4.78, 5) is 13.6. The van der Waals surface area contributed by atoms with Crippen molar-refractivity contribution in [2.45, 2.75) is 66.5 Å². The van der Waals surface area contributed by atoms with Crippen LogP contribution in [0, 0.1) is 12.7 Å². The lowest BCUT2D eigenvalue weighted by Gasteiger charge is -2.32. The van der Waals surface area contributed by atoms with Gasteiger partial charge >= 0.3 is 6.09 Å². The average molecular weight is 345 g/mol. The summed E-state index contributed by atoms with van der Waals surface area (Å²) in [5.41, 5.74) is 0.271. The summed E-state index contributed by atoms with van der Waals surface area (Å²) in [6.45, 7) is 11.4. The fourth-order valence-corrected chi connectivity index (χ4v) is 2.57. The fourth-order valence-electron chi connectivity index (χ4n) is 2.57. The normalized spacial score (nSPS) is 14.0. The van der Waals surface area contributed by atoms with Gasteiger partial charge in [0.25, 0.3) is 6.43 Å². The Kier molecular flexibility index (Phi) is 6.69. The first-order chi connectivity index (χ1) is 11.1. The summed E-state index contributed by atoms with van der Waals surface area (Å²) in [6.07, 6.45) is -3.11. The van der Waals surface area contributed by atoms with Gasteiger partial charge < -0.3 is 9.64 Å². The Balaban J connectivity index is 0.00000139. The number of carbonyl (C=O) groups excluding carboxylic acids is 1. The highest BCUT2D eigenvalue weighted by Gasteiger charge is 2.30. The molecule has 0 saturated carbocycles. The molecule has 0 saturated heterocycles. The number of fused-ring (bicyclic) bond motifs is 1. The molecule has 136 valence electrons. The first-order valence-corrected chi connectivity index (χ1v) is 8.17. The van der Waals surface area contributed by atoms with Crippen LogP contribution in [0.4, 0.5) is 18.0 Å². The number of ether oxygens (including phenoxy) is 1. The van der Waals surface area contributed by atoms with Crippen LogP contribution in [-0.4, -0.2) is 23.1 Å². The van der Waals surface area contributed by atoms with E-state index < -0.39 is 29.5 Å². The summed E-state index contributed by atoms with van der Waals surface area (Å²) in [5.74, 6) is -0.848. The SMILES string of the molecule is CC.Cc1cc(C(F)F)c(F)c2c1CN(C(=O)OC(C)(C)C)CC2. The third-order valence-electron chi connectivity index (χ3n) is 3.60. The molecule has 0 unspecified atom stereocenters. The number of amides is 1. The zero-order valence-corrected chi connectivity index (χ0v) is 15.2. The molecule has 1 aromatic rings.